The number of aromatic nitrogens is 4. The van der Waals surface area contributed by atoms with Crippen LogP contribution in [-0.2, 0) is 6.54 Å². The zero-order valence-corrected chi connectivity index (χ0v) is 14.3. The van der Waals surface area contributed by atoms with Crippen LogP contribution in [0.15, 0.2) is 48.5 Å². The van der Waals surface area contributed by atoms with Crippen molar-refractivity contribution in [2.24, 2.45) is 0 Å². The molecule has 2 aromatic carbocycles. The van der Waals surface area contributed by atoms with Gasteiger partial charge >= 0.3 is 0 Å². The van der Waals surface area contributed by atoms with Crippen LogP contribution >= 0.6 is 0 Å². The van der Waals surface area contributed by atoms with E-state index in [0.717, 1.165) is 6.54 Å². The normalized spacial score (nSPS) is 16.6. The average molecular weight is 332 g/mol. The molecule has 0 bridgehead atoms. The van der Waals surface area contributed by atoms with E-state index >= 15 is 0 Å². The number of anilines is 1. The summed E-state index contributed by atoms with van der Waals surface area (Å²) in [7, 11) is 0. The first-order chi connectivity index (χ1) is 12.2. The number of aryl methyl sites for hydroxylation is 2. The number of hydrogen-bond acceptors (Lipinski definition) is 5. The Morgan fingerprint density at radius 3 is 2.84 bits per heavy atom. The molecule has 0 radical (unpaired) electrons. The Labute approximate surface area is 146 Å². The van der Waals surface area contributed by atoms with Crippen molar-refractivity contribution in [2.75, 3.05) is 5.01 Å². The molecule has 126 valence electrons. The number of benzene rings is 2. The second-order valence-corrected chi connectivity index (χ2v) is 6.31. The largest absolute Gasteiger partial charge is 0.303 e. The summed E-state index contributed by atoms with van der Waals surface area (Å²) in [6.45, 7) is 5.10. The molecule has 2 heterocycles. The molecule has 0 fully saturated rings. The van der Waals surface area contributed by atoms with Gasteiger partial charge in [-0.1, -0.05) is 48.0 Å². The summed E-state index contributed by atoms with van der Waals surface area (Å²) in [6, 6.07) is 15.1. The minimum absolute atomic E-state index is 0.0838. The summed E-state index contributed by atoms with van der Waals surface area (Å²) in [5.41, 5.74) is 9.93. The standard InChI is InChI=1S/C19H20N6/c1-13-7-8-15(14(2)11-13)12-25-18-6-4-3-5-16(18)17(22-25)9-10-19-20-23-24-21-19/h3-11,17,22H,12H2,1-2H3,(H,20,21,23,24)/b10-9+. The maximum atomic E-state index is 3.96. The first-order valence-corrected chi connectivity index (χ1v) is 8.31. The fourth-order valence-corrected chi connectivity index (χ4v) is 3.20. The molecule has 0 saturated carbocycles. The molecule has 0 aliphatic carbocycles. The number of aromatic amines is 1. The van der Waals surface area contributed by atoms with E-state index in [-0.39, 0.29) is 6.04 Å². The first kappa shape index (κ1) is 15.5. The van der Waals surface area contributed by atoms with Crippen molar-refractivity contribution in [3.63, 3.8) is 0 Å². The van der Waals surface area contributed by atoms with E-state index in [1.807, 2.05) is 6.08 Å². The van der Waals surface area contributed by atoms with E-state index in [0.29, 0.717) is 5.82 Å². The van der Waals surface area contributed by atoms with Crippen LogP contribution in [0.3, 0.4) is 0 Å². The lowest BCUT2D eigenvalue weighted by Crippen LogP contribution is -2.33. The smallest absolute Gasteiger partial charge is 0.197 e. The maximum Gasteiger partial charge on any atom is 0.197 e. The van der Waals surface area contributed by atoms with Gasteiger partial charge in [0.2, 0.25) is 0 Å². The Kier molecular flexibility index (Phi) is 4.03. The molecule has 6 nitrogen and oxygen atoms in total. The minimum Gasteiger partial charge on any atom is -0.303 e. The second kappa shape index (κ2) is 6.49. The van der Waals surface area contributed by atoms with E-state index in [1.54, 1.807) is 0 Å². The fraction of sp³-hybridized carbons (Fsp3) is 0.211. The highest BCUT2D eigenvalue weighted by molar-refractivity contribution is 5.61. The third-order valence-corrected chi connectivity index (χ3v) is 4.48. The Morgan fingerprint density at radius 2 is 2.04 bits per heavy atom. The molecular formula is C19H20N6. The summed E-state index contributed by atoms with van der Waals surface area (Å²) < 4.78 is 0. The minimum atomic E-state index is 0.0838. The van der Waals surface area contributed by atoms with Gasteiger partial charge in [-0.05, 0) is 47.9 Å². The SMILES string of the molecule is Cc1ccc(CN2NC(/C=C/c3nn[nH]n3)c3ccccc32)c(C)c1. The van der Waals surface area contributed by atoms with Crippen molar-refractivity contribution < 1.29 is 0 Å². The highest BCUT2D eigenvalue weighted by Crippen LogP contribution is 2.34. The van der Waals surface area contributed by atoms with Crippen molar-refractivity contribution >= 4 is 11.8 Å². The number of H-pyrrole nitrogens is 1. The Morgan fingerprint density at radius 1 is 1.16 bits per heavy atom. The number of hydrazine groups is 1. The molecule has 25 heavy (non-hydrogen) atoms. The van der Waals surface area contributed by atoms with Gasteiger partial charge in [-0.25, -0.2) is 5.43 Å². The number of rotatable bonds is 4. The molecule has 1 aliphatic heterocycles. The van der Waals surface area contributed by atoms with Crippen molar-refractivity contribution in [1.82, 2.24) is 26.0 Å². The molecule has 2 N–H and O–H groups in total. The van der Waals surface area contributed by atoms with Gasteiger partial charge in [-0.15, -0.1) is 10.2 Å². The van der Waals surface area contributed by atoms with E-state index < -0.39 is 0 Å². The Bertz CT molecular complexity index is 900. The highest BCUT2D eigenvalue weighted by atomic mass is 15.5. The van der Waals surface area contributed by atoms with Crippen molar-refractivity contribution in [3.8, 4) is 0 Å². The van der Waals surface area contributed by atoms with Gasteiger partial charge in [0.15, 0.2) is 5.82 Å². The second-order valence-electron chi connectivity index (χ2n) is 6.31. The molecule has 0 saturated heterocycles. The molecule has 6 heteroatoms. The highest BCUT2D eigenvalue weighted by Gasteiger charge is 2.26. The number of fused-ring (bicyclic) bond motifs is 1. The molecule has 1 atom stereocenters. The zero-order chi connectivity index (χ0) is 17.2. The molecular weight excluding hydrogens is 312 g/mol. The number of para-hydroxylation sites is 1. The predicted octanol–water partition coefficient (Wildman–Crippen LogP) is 3.10. The summed E-state index contributed by atoms with van der Waals surface area (Å²) in [5, 5.41) is 16.2. The summed E-state index contributed by atoms with van der Waals surface area (Å²) in [4.78, 5) is 0. The predicted molar refractivity (Wildman–Crippen MR) is 97.6 cm³/mol. The topological polar surface area (TPSA) is 69.7 Å². The van der Waals surface area contributed by atoms with Crippen LogP contribution < -0.4 is 10.4 Å². The van der Waals surface area contributed by atoms with E-state index in [4.69, 9.17) is 0 Å². The Hall–Kier alpha value is -2.99. The van der Waals surface area contributed by atoms with Gasteiger partial charge in [-0.2, -0.15) is 5.21 Å². The lowest BCUT2D eigenvalue weighted by molar-refractivity contribution is 0.616. The molecule has 0 spiro atoms. The number of nitrogens with one attached hydrogen (secondary N) is 2. The van der Waals surface area contributed by atoms with Gasteiger partial charge in [0.25, 0.3) is 0 Å². The Balaban J connectivity index is 1.60. The summed E-state index contributed by atoms with van der Waals surface area (Å²) >= 11 is 0. The molecule has 4 rings (SSSR count). The third-order valence-electron chi connectivity index (χ3n) is 4.48. The van der Waals surface area contributed by atoms with E-state index in [9.17, 15) is 0 Å². The van der Waals surface area contributed by atoms with Gasteiger partial charge in [0.05, 0.1) is 18.3 Å². The molecule has 0 amide bonds. The van der Waals surface area contributed by atoms with Crippen LogP contribution in [0, 0.1) is 13.8 Å². The number of hydrogen-bond donors (Lipinski definition) is 2. The lowest BCUT2D eigenvalue weighted by atomic mass is 10.0. The van der Waals surface area contributed by atoms with Crippen LogP contribution in [0.4, 0.5) is 5.69 Å². The fourth-order valence-electron chi connectivity index (χ4n) is 3.20. The molecule has 1 unspecified atom stereocenters. The van der Waals surface area contributed by atoms with Crippen LogP contribution in [0.5, 0.6) is 0 Å². The molecule has 1 aliphatic rings. The van der Waals surface area contributed by atoms with Gasteiger partial charge in [0.1, 0.15) is 0 Å². The zero-order valence-electron chi connectivity index (χ0n) is 14.3. The van der Waals surface area contributed by atoms with Gasteiger partial charge < -0.3 is 5.01 Å². The van der Waals surface area contributed by atoms with Gasteiger partial charge in [0, 0.05) is 0 Å². The summed E-state index contributed by atoms with van der Waals surface area (Å²) in [6.07, 6.45) is 3.93. The quantitative estimate of drug-likeness (QED) is 0.768. The van der Waals surface area contributed by atoms with Gasteiger partial charge in [-0.3, -0.25) is 0 Å². The maximum absolute atomic E-state index is 3.96. The number of nitrogens with zero attached hydrogens (tertiary/aromatic N) is 4. The van der Waals surface area contributed by atoms with Crippen LogP contribution in [-0.4, -0.2) is 20.6 Å². The summed E-state index contributed by atoms with van der Waals surface area (Å²) in [5.74, 6) is 0.576. The third kappa shape index (κ3) is 3.16. The first-order valence-electron chi connectivity index (χ1n) is 8.31. The van der Waals surface area contributed by atoms with Crippen molar-refractivity contribution in [1.29, 1.82) is 0 Å². The van der Waals surface area contributed by atoms with Crippen LogP contribution in [0.2, 0.25) is 0 Å². The molecule has 3 aromatic rings. The average Bonchev–Trinajstić information content (AvgIpc) is 3.24. The molecule has 1 aromatic heterocycles. The lowest BCUT2D eigenvalue weighted by Gasteiger charge is -2.21. The monoisotopic (exact) mass is 332 g/mol. The van der Waals surface area contributed by atoms with Crippen LogP contribution in [0.25, 0.3) is 6.08 Å². The van der Waals surface area contributed by atoms with E-state index in [1.165, 1.54) is 27.9 Å². The van der Waals surface area contributed by atoms with Crippen molar-refractivity contribution in [2.45, 2.75) is 26.4 Å². The van der Waals surface area contributed by atoms with Crippen LogP contribution in [0.1, 0.15) is 34.1 Å². The van der Waals surface area contributed by atoms with E-state index in [2.05, 4.69) is 93.4 Å². The number of tetrazole rings is 1. The van der Waals surface area contributed by atoms with Crippen molar-refractivity contribution in [3.05, 3.63) is 76.6 Å².